The van der Waals surface area contributed by atoms with Crippen LogP contribution in [0.25, 0.3) is 0 Å². The van der Waals surface area contributed by atoms with Gasteiger partial charge in [-0.15, -0.1) is 0 Å². The lowest BCUT2D eigenvalue weighted by Gasteiger charge is -2.36. The van der Waals surface area contributed by atoms with Crippen molar-refractivity contribution in [1.82, 2.24) is 0 Å². The van der Waals surface area contributed by atoms with Crippen LogP contribution in [0.4, 0.5) is 18.0 Å². The molecule has 82 valence electrons. The van der Waals surface area contributed by atoms with Crippen LogP contribution in [0.2, 0.25) is 0 Å². The molecule has 0 aliphatic carbocycles. The molecular weight excluding hydrogens is 203 g/mol. The van der Waals surface area contributed by atoms with E-state index in [1.807, 2.05) is 0 Å². The number of alkyl halides is 3. The van der Waals surface area contributed by atoms with Gasteiger partial charge in [-0.05, 0) is 6.42 Å². The summed E-state index contributed by atoms with van der Waals surface area (Å²) < 4.78 is 46.4. The molecular formula is C7H10F3NO3. The summed E-state index contributed by atoms with van der Waals surface area (Å²) in [6.07, 6.45) is -6.21. The van der Waals surface area contributed by atoms with Gasteiger partial charge >= 0.3 is 12.3 Å². The number of carbonyl (C=O) groups is 1. The maximum absolute atomic E-state index is 12.5. The predicted octanol–water partition coefficient (Wildman–Crippen LogP) is 1.19. The molecule has 1 unspecified atom stereocenters. The highest BCUT2D eigenvalue weighted by Crippen LogP contribution is 2.39. The molecule has 4 nitrogen and oxygen atoms in total. The van der Waals surface area contributed by atoms with Crippen molar-refractivity contribution < 1.29 is 27.4 Å². The van der Waals surface area contributed by atoms with Gasteiger partial charge in [-0.3, -0.25) is 0 Å². The predicted molar refractivity (Wildman–Crippen MR) is 39.5 cm³/mol. The topological polar surface area (TPSA) is 61.6 Å². The zero-order valence-electron chi connectivity index (χ0n) is 7.26. The Labute approximate surface area is 78.1 Å². The summed E-state index contributed by atoms with van der Waals surface area (Å²) in [6, 6.07) is 0. The Balaban J connectivity index is 2.83. The van der Waals surface area contributed by atoms with Gasteiger partial charge in [-0.2, -0.15) is 13.2 Å². The van der Waals surface area contributed by atoms with Crippen LogP contribution in [0, 0.1) is 0 Å². The molecule has 0 saturated carbocycles. The Bertz CT molecular complexity index is 223. The van der Waals surface area contributed by atoms with E-state index in [4.69, 9.17) is 0 Å². The number of rotatable bonds is 1. The molecule has 0 bridgehead atoms. The van der Waals surface area contributed by atoms with Gasteiger partial charge in [0.05, 0.1) is 6.61 Å². The molecule has 0 spiro atoms. The molecule has 14 heavy (non-hydrogen) atoms. The number of carbonyl (C=O) groups excluding carboxylic acids is 1. The second kappa shape index (κ2) is 3.64. The van der Waals surface area contributed by atoms with Crippen molar-refractivity contribution in [3.63, 3.8) is 0 Å². The fourth-order valence-corrected chi connectivity index (χ4v) is 1.32. The third-order valence-corrected chi connectivity index (χ3v) is 2.02. The van der Waals surface area contributed by atoms with Crippen molar-refractivity contribution in [2.75, 3.05) is 13.2 Å². The molecule has 0 radical (unpaired) electrons. The molecule has 1 amide bonds. The number of hydrogen-bond donors (Lipinski definition) is 1. The molecule has 1 saturated heterocycles. The van der Waals surface area contributed by atoms with Crippen LogP contribution in [-0.4, -0.2) is 31.1 Å². The lowest BCUT2D eigenvalue weighted by molar-refractivity contribution is -0.284. The standard InChI is InChI=1S/C7H10F3NO3/c8-7(9,10)6(14-5(11)12)2-1-3-13-4-6/h1-4H2,(H2,11,12). The molecule has 0 aromatic carbocycles. The summed E-state index contributed by atoms with van der Waals surface area (Å²) >= 11 is 0. The second-order valence-electron chi connectivity index (χ2n) is 3.07. The van der Waals surface area contributed by atoms with Crippen LogP contribution in [0.5, 0.6) is 0 Å². The van der Waals surface area contributed by atoms with Crippen molar-refractivity contribution in [3.05, 3.63) is 0 Å². The van der Waals surface area contributed by atoms with Gasteiger partial charge in [0.1, 0.15) is 0 Å². The van der Waals surface area contributed by atoms with Crippen LogP contribution >= 0.6 is 0 Å². The van der Waals surface area contributed by atoms with Gasteiger partial charge in [0, 0.05) is 13.0 Å². The van der Waals surface area contributed by atoms with Crippen LogP contribution in [0.3, 0.4) is 0 Å². The summed E-state index contributed by atoms with van der Waals surface area (Å²) in [5.41, 5.74) is 2.03. The summed E-state index contributed by atoms with van der Waals surface area (Å²) in [6.45, 7) is -0.445. The van der Waals surface area contributed by atoms with E-state index in [0.717, 1.165) is 0 Å². The quantitative estimate of drug-likeness (QED) is 0.711. The van der Waals surface area contributed by atoms with Gasteiger partial charge < -0.3 is 15.2 Å². The second-order valence-corrected chi connectivity index (χ2v) is 3.07. The fourth-order valence-electron chi connectivity index (χ4n) is 1.32. The average Bonchev–Trinajstić information content (AvgIpc) is 2.02. The molecule has 7 heteroatoms. The van der Waals surface area contributed by atoms with E-state index in [-0.39, 0.29) is 19.4 Å². The van der Waals surface area contributed by atoms with Gasteiger partial charge in [0.15, 0.2) is 0 Å². The monoisotopic (exact) mass is 213 g/mol. The summed E-state index contributed by atoms with van der Waals surface area (Å²) in [4.78, 5) is 10.4. The molecule has 0 aromatic heterocycles. The third kappa shape index (κ3) is 2.09. The van der Waals surface area contributed by atoms with Crippen LogP contribution in [0.1, 0.15) is 12.8 Å². The molecule has 0 aromatic rings. The molecule has 1 fully saturated rings. The van der Waals surface area contributed by atoms with Gasteiger partial charge in [0.2, 0.25) is 5.60 Å². The highest BCUT2D eigenvalue weighted by atomic mass is 19.4. The maximum Gasteiger partial charge on any atom is 0.430 e. The molecule has 2 N–H and O–H groups in total. The van der Waals surface area contributed by atoms with E-state index in [1.165, 1.54) is 0 Å². The Kier molecular flexibility index (Phi) is 2.89. The highest BCUT2D eigenvalue weighted by molar-refractivity contribution is 5.65. The summed E-state index contributed by atoms with van der Waals surface area (Å²) in [5, 5.41) is 0. The average molecular weight is 213 g/mol. The van der Waals surface area contributed by atoms with Crippen LogP contribution < -0.4 is 5.73 Å². The van der Waals surface area contributed by atoms with E-state index in [0.29, 0.717) is 0 Å². The van der Waals surface area contributed by atoms with Gasteiger partial charge in [-0.1, -0.05) is 0 Å². The lowest BCUT2D eigenvalue weighted by atomic mass is 9.96. The first-order valence-electron chi connectivity index (χ1n) is 4.00. The minimum Gasteiger partial charge on any atom is -0.431 e. The molecule has 1 aliphatic heterocycles. The number of primary amides is 1. The zero-order chi connectivity index (χ0) is 10.8. The minimum atomic E-state index is -4.65. The van der Waals surface area contributed by atoms with E-state index < -0.39 is 24.5 Å². The van der Waals surface area contributed by atoms with Gasteiger partial charge in [0.25, 0.3) is 0 Å². The number of halogens is 3. The SMILES string of the molecule is NC(=O)OC1(C(F)(F)F)CCCOC1. The van der Waals surface area contributed by atoms with Crippen molar-refractivity contribution in [1.29, 1.82) is 0 Å². The lowest BCUT2D eigenvalue weighted by Crippen LogP contribution is -2.55. The Morgan fingerprint density at radius 1 is 1.50 bits per heavy atom. The van der Waals surface area contributed by atoms with Crippen molar-refractivity contribution in [3.8, 4) is 0 Å². The van der Waals surface area contributed by atoms with Crippen LogP contribution in [-0.2, 0) is 9.47 Å². The summed E-state index contributed by atoms with van der Waals surface area (Å²) in [5.74, 6) is 0. The molecule has 1 atom stereocenters. The highest BCUT2D eigenvalue weighted by Gasteiger charge is 2.59. The maximum atomic E-state index is 12.5. The normalized spacial score (nSPS) is 28.5. The van der Waals surface area contributed by atoms with E-state index in [2.05, 4.69) is 15.2 Å². The first-order valence-corrected chi connectivity index (χ1v) is 4.00. The summed E-state index contributed by atoms with van der Waals surface area (Å²) in [7, 11) is 0. The number of ether oxygens (including phenoxy) is 2. The molecule has 1 rings (SSSR count). The number of amides is 1. The first kappa shape index (κ1) is 11.1. The van der Waals surface area contributed by atoms with E-state index in [9.17, 15) is 18.0 Å². The number of hydrogen-bond acceptors (Lipinski definition) is 3. The van der Waals surface area contributed by atoms with Crippen LogP contribution in [0.15, 0.2) is 0 Å². The Hall–Kier alpha value is -0.980. The van der Waals surface area contributed by atoms with Crippen molar-refractivity contribution in [2.24, 2.45) is 5.73 Å². The Morgan fingerprint density at radius 2 is 2.14 bits per heavy atom. The number of nitrogens with two attached hydrogens (primary N) is 1. The smallest absolute Gasteiger partial charge is 0.430 e. The third-order valence-electron chi connectivity index (χ3n) is 2.02. The molecule has 1 heterocycles. The fraction of sp³-hybridized carbons (Fsp3) is 0.857. The minimum absolute atomic E-state index is 0.187. The zero-order valence-corrected chi connectivity index (χ0v) is 7.26. The van der Waals surface area contributed by atoms with E-state index >= 15 is 0 Å². The van der Waals surface area contributed by atoms with Gasteiger partial charge in [-0.25, -0.2) is 4.79 Å². The van der Waals surface area contributed by atoms with Crippen molar-refractivity contribution >= 4 is 6.09 Å². The largest absolute Gasteiger partial charge is 0.431 e. The van der Waals surface area contributed by atoms with E-state index in [1.54, 1.807) is 0 Å². The molecule has 1 aliphatic rings. The Morgan fingerprint density at radius 3 is 2.50 bits per heavy atom. The van der Waals surface area contributed by atoms with Crippen molar-refractivity contribution in [2.45, 2.75) is 24.6 Å². The first-order chi connectivity index (χ1) is 6.37.